The molecule has 0 fully saturated rings. The lowest BCUT2D eigenvalue weighted by atomic mass is 10.2. The molecular formula is C20H19FN4O2S. The van der Waals surface area contributed by atoms with Crippen LogP contribution in [0.5, 0.6) is 5.75 Å². The van der Waals surface area contributed by atoms with Crippen molar-refractivity contribution in [2.24, 2.45) is 0 Å². The summed E-state index contributed by atoms with van der Waals surface area (Å²) in [7, 11) is 1.58. The van der Waals surface area contributed by atoms with E-state index in [1.54, 1.807) is 43.5 Å². The van der Waals surface area contributed by atoms with Crippen LogP contribution in [-0.2, 0) is 11.3 Å². The number of benzene rings is 2. The van der Waals surface area contributed by atoms with E-state index in [0.717, 1.165) is 5.56 Å². The number of methoxy groups -OCH3 is 1. The number of nitrogens with zero attached hydrogens (tertiary/aromatic N) is 2. The fourth-order valence-electron chi connectivity index (χ4n) is 2.32. The van der Waals surface area contributed by atoms with Gasteiger partial charge in [-0.15, -0.1) is 10.2 Å². The van der Waals surface area contributed by atoms with Gasteiger partial charge in [0.15, 0.2) is 0 Å². The summed E-state index contributed by atoms with van der Waals surface area (Å²) in [5.41, 5.74) is 1.62. The average molecular weight is 398 g/mol. The van der Waals surface area contributed by atoms with Crippen LogP contribution in [-0.4, -0.2) is 29.0 Å². The summed E-state index contributed by atoms with van der Waals surface area (Å²) in [6, 6.07) is 17.0. The normalized spacial score (nSPS) is 10.4. The molecule has 28 heavy (non-hydrogen) atoms. The smallest absolute Gasteiger partial charge is 0.234 e. The van der Waals surface area contributed by atoms with Crippen molar-refractivity contribution >= 4 is 29.2 Å². The van der Waals surface area contributed by atoms with E-state index in [9.17, 15) is 9.18 Å². The first kappa shape index (κ1) is 19.6. The number of amides is 1. The van der Waals surface area contributed by atoms with Gasteiger partial charge in [-0.25, -0.2) is 4.39 Å². The predicted molar refractivity (Wildman–Crippen MR) is 108 cm³/mol. The summed E-state index contributed by atoms with van der Waals surface area (Å²) in [5.74, 6) is 1.10. The molecular weight excluding hydrogens is 379 g/mol. The van der Waals surface area contributed by atoms with Gasteiger partial charge in [0.25, 0.3) is 0 Å². The lowest BCUT2D eigenvalue weighted by Crippen LogP contribution is -2.14. The van der Waals surface area contributed by atoms with Crippen LogP contribution in [0, 0.1) is 5.82 Å². The van der Waals surface area contributed by atoms with Crippen molar-refractivity contribution in [1.82, 2.24) is 10.2 Å². The van der Waals surface area contributed by atoms with E-state index in [1.807, 2.05) is 12.1 Å². The molecule has 3 rings (SSSR count). The Morgan fingerprint density at radius 3 is 2.64 bits per heavy atom. The third-order valence-corrected chi connectivity index (χ3v) is 4.65. The molecule has 0 atom stereocenters. The zero-order valence-corrected chi connectivity index (χ0v) is 16.0. The number of carbonyl (C=O) groups is 1. The number of anilines is 2. The van der Waals surface area contributed by atoms with Crippen molar-refractivity contribution in [3.05, 3.63) is 72.0 Å². The molecule has 0 aliphatic carbocycles. The highest BCUT2D eigenvalue weighted by Crippen LogP contribution is 2.19. The number of hydrogen-bond donors (Lipinski definition) is 2. The van der Waals surface area contributed by atoms with Crippen molar-refractivity contribution < 1.29 is 13.9 Å². The number of halogens is 1. The molecule has 0 saturated heterocycles. The van der Waals surface area contributed by atoms with Crippen LogP contribution in [0.2, 0.25) is 0 Å². The lowest BCUT2D eigenvalue weighted by molar-refractivity contribution is -0.113. The number of ether oxygens (including phenoxy) is 1. The van der Waals surface area contributed by atoms with Gasteiger partial charge in [0.1, 0.15) is 22.4 Å². The summed E-state index contributed by atoms with van der Waals surface area (Å²) in [6.07, 6.45) is 0. The predicted octanol–water partition coefficient (Wildman–Crippen LogP) is 3.97. The van der Waals surface area contributed by atoms with Crippen LogP contribution in [0.25, 0.3) is 0 Å². The molecule has 0 aliphatic rings. The Bertz CT molecular complexity index is 920. The molecule has 0 bridgehead atoms. The largest absolute Gasteiger partial charge is 0.497 e. The molecule has 0 unspecified atom stereocenters. The molecule has 0 radical (unpaired) electrons. The van der Waals surface area contributed by atoms with Crippen LogP contribution in [0.1, 0.15) is 5.56 Å². The Balaban J connectivity index is 1.45. The third-order valence-electron chi connectivity index (χ3n) is 3.73. The Kier molecular flexibility index (Phi) is 6.80. The monoisotopic (exact) mass is 398 g/mol. The van der Waals surface area contributed by atoms with E-state index < -0.39 is 0 Å². The van der Waals surface area contributed by atoms with E-state index in [-0.39, 0.29) is 17.5 Å². The maximum atomic E-state index is 12.9. The van der Waals surface area contributed by atoms with E-state index in [4.69, 9.17) is 4.74 Å². The van der Waals surface area contributed by atoms with E-state index in [0.29, 0.717) is 28.8 Å². The van der Waals surface area contributed by atoms with Gasteiger partial charge in [0.2, 0.25) is 5.91 Å². The van der Waals surface area contributed by atoms with Crippen LogP contribution < -0.4 is 15.4 Å². The molecule has 1 heterocycles. The van der Waals surface area contributed by atoms with Crippen LogP contribution >= 0.6 is 11.8 Å². The molecule has 0 spiro atoms. The molecule has 1 aromatic heterocycles. The van der Waals surface area contributed by atoms with Crippen molar-refractivity contribution in [3.63, 3.8) is 0 Å². The van der Waals surface area contributed by atoms with Gasteiger partial charge in [-0.05, 0) is 42.0 Å². The average Bonchev–Trinajstić information content (AvgIpc) is 2.73. The summed E-state index contributed by atoms with van der Waals surface area (Å²) in [5, 5.41) is 14.8. The van der Waals surface area contributed by atoms with Gasteiger partial charge < -0.3 is 15.4 Å². The number of hydrogen-bond acceptors (Lipinski definition) is 6. The van der Waals surface area contributed by atoms with E-state index >= 15 is 0 Å². The topological polar surface area (TPSA) is 76.1 Å². The highest BCUT2D eigenvalue weighted by molar-refractivity contribution is 7.99. The second-order valence-corrected chi connectivity index (χ2v) is 6.80. The first-order chi connectivity index (χ1) is 13.6. The molecule has 2 N–H and O–H groups in total. The molecule has 6 nitrogen and oxygen atoms in total. The minimum Gasteiger partial charge on any atom is -0.497 e. The molecule has 0 saturated carbocycles. The molecule has 8 heteroatoms. The zero-order chi connectivity index (χ0) is 19.8. The van der Waals surface area contributed by atoms with Crippen LogP contribution in [0.4, 0.5) is 15.9 Å². The maximum absolute atomic E-state index is 12.9. The highest BCUT2D eigenvalue weighted by Gasteiger charge is 2.06. The third kappa shape index (κ3) is 5.95. The first-order valence-corrected chi connectivity index (χ1v) is 9.50. The van der Waals surface area contributed by atoms with Gasteiger partial charge in [-0.3, -0.25) is 4.79 Å². The number of nitrogens with one attached hydrogen (secondary N) is 2. The van der Waals surface area contributed by atoms with Crippen LogP contribution in [0.15, 0.2) is 65.7 Å². The lowest BCUT2D eigenvalue weighted by Gasteiger charge is -2.07. The van der Waals surface area contributed by atoms with E-state index in [1.165, 1.54) is 23.9 Å². The Labute approximate surface area is 166 Å². The van der Waals surface area contributed by atoms with Crippen molar-refractivity contribution in [3.8, 4) is 5.75 Å². The molecule has 3 aromatic rings. The number of aromatic nitrogens is 2. The van der Waals surface area contributed by atoms with Gasteiger partial charge in [-0.2, -0.15) is 0 Å². The molecule has 0 aliphatic heterocycles. The number of carbonyl (C=O) groups excluding carboxylic acids is 1. The maximum Gasteiger partial charge on any atom is 0.234 e. The zero-order valence-electron chi connectivity index (χ0n) is 15.2. The summed E-state index contributed by atoms with van der Waals surface area (Å²) < 4.78 is 18.0. The van der Waals surface area contributed by atoms with Crippen molar-refractivity contribution in [1.29, 1.82) is 0 Å². The number of rotatable bonds is 8. The van der Waals surface area contributed by atoms with Gasteiger partial charge in [-0.1, -0.05) is 30.0 Å². The Morgan fingerprint density at radius 1 is 1.11 bits per heavy atom. The molecule has 2 aromatic carbocycles. The van der Waals surface area contributed by atoms with Gasteiger partial charge in [0, 0.05) is 18.3 Å². The minimum absolute atomic E-state index is 0.140. The standard InChI is InChI=1S/C20H19FN4O2S/c1-27-17-4-2-3-16(11-17)23-19(26)13-28-20-10-9-18(24-25-20)22-12-14-5-7-15(21)8-6-14/h2-11H,12-13H2,1H3,(H,22,24)(H,23,26). The SMILES string of the molecule is COc1cccc(NC(=O)CSc2ccc(NCc3ccc(F)cc3)nn2)c1. The summed E-state index contributed by atoms with van der Waals surface area (Å²) in [4.78, 5) is 12.1. The van der Waals surface area contributed by atoms with Crippen molar-refractivity contribution in [2.75, 3.05) is 23.5 Å². The summed E-state index contributed by atoms with van der Waals surface area (Å²) in [6.45, 7) is 0.518. The minimum atomic E-state index is -0.264. The highest BCUT2D eigenvalue weighted by atomic mass is 32.2. The Morgan fingerprint density at radius 2 is 1.93 bits per heavy atom. The first-order valence-electron chi connectivity index (χ1n) is 8.51. The Hall–Kier alpha value is -3.13. The van der Waals surface area contributed by atoms with Gasteiger partial charge >= 0.3 is 0 Å². The second kappa shape index (κ2) is 9.70. The van der Waals surface area contributed by atoms with Gasteiger partial charge in [0.05, 0.1) is 12.9 Å². The molecule has 144 valence electrons. The quantitative estimate of drug-likeness (QED) is 0.559. The van der Waals surface area contributed by atoms with E-state index in [2.05, 4.69) is 20.8 Å². The molecule has 1 amide bonds. The fourth-order valence-corrected chi connectivity index (χ4v) is 2.94. The second-order valence-electron chi connectivity index (χ2n) is 5.81. The number of thioether (sulfide) groups is 1. The van der Waals surface area contributed by atoms with Crippen molar-refractivity contribution in [2.45, 2.75) is 11.6 Å². The van der Waals surface area contributed by atoms with Crippen LogP contribution in [0.3, 0.4) is 0 Å². The summed E-state index contributed by atoms with van der Waals surface area (Å²) >= 11 is 1.30. The fraction of sp³-hybridized carbons (Fsp3) is 0.150.